The van der Waals surface area contributed by atoms with Crippen molar-refractivity contribution in [3.63, 3.8) is 0 Å². The van der Waals surface area contributed by atoms with Gasteiger partial charge in [-0.25, -0.2) is 0 Å². The maximum Gasteiger partial charge on any atom is 0.0546 e. The molecule has 0 aromatic heterocycles. The Hall–Kier alpha value is -5.92. The lowest BCUT2D eigenvalue weighted by Gasteiger charge is -2.28. The molecule has 0 aliphatic carbocycles. The lowest BCUT2D eigenvalue weighted by Crippen LogP contribution is -2.10. The molecule has 0 radical (unpaired) electrons. The molecule has 0 aliphatic heterocycles. The first-order chi connectivity index (χ1) is 24.2. The first-order valence-corrected chi connectivity index (χ1v) is 17.4. The lowest BCUT2D eigenvalue weighted by molar-refractivity contribution is 0.796. The number of hydrogen-bond donors (Lipinski definition) is 0. The van der Waals surface area contributed by atoms with Gasteiger partial charge >= 0.3 is 0 Å². The topological polar surface area (TPSA) is 3.24 Å². The Morgan fingerprint density at radius 2 is 0.898 bits per heavy atom. The van der Waals surface area contributed by atoms with Gasteiger partial charge in [-0.15, -0.1) is 0 Å². The molecule has 1 heteroatoms. The molecular weight excluding hydrogens is 591 g/mol. The van der Waals surface area contributed by atoms with E-state index in [1.807, 2.05) is 0 Å². The van der Waals surface area contributed by atoms with Gasteiger partial charge in [0.25, 0.3) is 0 Å². The zero-order chi connectivity index (χ0) is 33.0. The zero-order valence-electron chi connectivity index (χ0n) is 27.9. The highest BCUT2D eigenvalue weighted by atomic mass is 15.1. The second-order valence-electron chi connectivity index (χ2n) is 12.8. The molecule has 0 bridgehead atoms. The number of anilines is 3. The predicted molar refractivity (Wildman–Crippen MR) is 211 cm³/mol. The molecule has 0 unspecified atom stereocenters. The second-order valence-corrected chi connectivity index (χ2v) is 12.8. The summed E-state index contributed by atoms with van der Waals surface area (Å²) >= 11 is 0. The third kappa shape index (κ3) is 6.24. The highest BCUT2D eigenvalue weighted by Gasteiger charge is 2.18. The maximum absolute atomic E-state index is 2.42. The van der Waals surface area contributed by atoms with Crippen molar-refractivity contribution < 1.29 is 0 Å². The van der Waals surface area contributed by atoms with Crippen LogP contribution < -0.4 is 4.90 Å². The summed E-state index contributed by atoms with van der Waals surface area (Å²) < 4.78 is 0. The molecule has 0 fully saturated rings. The van der Waals surface area contributed by atoms with Crippen molar-refractivity contribution in [1.82, 2.24) is 0 Å². The molecule has 0 saturated carbocycles. The normalized spacial score (nSPS) is 11.2. The van der Waals surface area contributed by atoms with Gasteiger partial charge in [-0.05, 0) is 104 Å². The number of aryl methyl sites for hydroxylation is 1. The quantitative estimate of drug-likeness (QED) is 0.144. The van der Waals surface area contributed by atoms with E-state index >= 15 is 0 Å². The monoisotopic (exact) mass is 629 g/mol. The Labute approximate surface area is 289 Å². The largest absolute Gasteiger partial charge is 0.310 e. The van der Waals surface area contributed by atoms with E-state index in [0.717, 1.165) is 17.8 Å². The van der Waals surface area contributed by atoms with Crippen LogP contribution >= 0.6 is 0 Å². The van der Waals surface area contributed by atoms with Crippen molar-refractivity contribution in [1.29, 1.82) is 0 Å². The molecule has 0 amide bonds. The Kier molecular flexibility index (Phi) is 8.48. The van der Waals surface area contributed by atoms with E-state index in [0.29, 0.717) is 0 Å². The highest BCUT2D eigenvalue weighted by molar-refractivity contribution is 6.14. The lowest BCUT2D eigenvalue weighted by atomic mass is 9.95. The molecule has 236 valence electrons. The third-order valence-corrected chi connectivity index (χ3v) is 9.62. The maximum atomic E-state index is 2.42. The molecule has 0 saturated heterocycles. The van der Waals surface area contributed by atoms with Crippen LogP contribution in [-0.2, 0) is 6.42 Å². The van der Waals surface area contributed by atoms with Crippen molar-refractivity contribution in [2.75, 3.05) is 4.90 Å². The van der Waals surface area contributed by atoms with Gasteiger partial charge in [-0.3, -0.25) is 0 Å². The summed E-state index contributed by atoms with van der Waals surface area (Å²) in [5.41, 5.74) is 12.1. The highest BCUT2D eigenvalue weighted by Crippen LogP contribution is 2.43. The Morgan fingerprint density at radius 3 is 1.51 bits per heavy atom. The van der Waals surface area contributed by atoms with Crippen molar-refractivity contribution in [2.45, 2.75) is 26.2 Å². The first kappa shape index (κ1) is 30.4. The number of unbranched alkanes of at least 4 members (excludes halogenated alkanes) is 1. The van der Waals surface area contributed by atoms with Crippen LogP contribution in [0.3, 0.4) is 0 Å². The molecule has 0 spiro atoms. The van der Waals surface area contributed by atoms with Gasteiger partial charge in [0.1, 0.15) is 0 Å². The van der Waals surface area contributed by atoms with E-state index < -0.39 is 0 Å². The number of rotatable bonds is 9. The van der Waals surface area contributed by atoms with Gasteiger partial charge in [0.15, 0.2) is 0 Å². The van der Waals surface area contributed by atoms with E-state index in [1.165, 1.54) is 79.0 Å². The van der Waals surface area contributed by atoms with Crippen LogP contribution in [0.2, 0.25) is 0 Å². The Morgan fingerprint density at radius 1 is 0.388 bits per heavy atom. The van der Waals surface area contributed by atoms with E-state index in [1.54, 1.807) is 0 Å². The summed E-state index contributed by atoms with van der Waals surface area (Å²) in [6.45, 7) is 2.26. The first-order valence-electron chi connectivity index (χ1n) is 17.4. The smallest absolute Gasteiger partial charge is 0.0546 e. The van der Waals surface area contributed by atoms with E-state index in [4.69, 9.17) is 0 Å². The van der Waals surface area contributed by atoms with Gasteiger partial charge in [0.2, 0.25) is 0 Å². The zero-order valence-corrected chi connectivity index (χ0v) is 27.9. The number of hydrogen-bond acceptors (Lipinski definition) is 1. The van der Waals surface area contributed by atoms with Crippen LogP contribution in [0.4, 0.5) is 17.1 Å². The second kappa shape index (κ2) is 13.7. The van der Waals surface area contributed by atoms with Gasteiger partial charge in [0.05, 0.1) is 5.69 Å². The molecule has 0 aliphatic rings. The van der Waals surface area contributed by atoms with Crippen molar-refractivity contribution in [3.05, 3.63) is 188 Å². The van der Waals surface area contributed by atoms with E-state index in [2.05, 4.69) is 194 Å². The standard InChI is InChI=1S/C48H39N/c1-2-3-13-35-22-23-42-34-48(46-21-11-10-20-45(46)47(42)32-35)49(43-28-24-38(25-29-43)36-14-6-4-7-15-36)44-30-26-39(27-31-44)41-19-12-18-40(33-41)37-16-8-5-9-17-37/h4-12,14-34H,2-3,13H2,1H3. The Balaban J connectivity index is 1.25. The van der Waals surface area contributed by atoms with E-state index in [-0.39, 0.29) is 0 Å². The summed E-state index contributed by atoms with van der Waals surface area (Å²) in [4.78, 5) is 2.42. The van der Waals surface area contributed by atoms with Crippen LogP contribution in [0.15, 0.2) is 182 Å². The molecule has 0 N–H and O–H groups in total. The fourth-order valence-corrected chi connectivity index (χ4v) is 7.02. The summed E-state index contributed by atoms with van der Waals surface area (Å²) in [5.74, 6) is 0. The molecule has 0 heterocycles. The van der Waals surface area contributed by atoms with Crippen molar-refractivity contribution in [3.8, 4) is 33.4 Å². The van der Waals surface area contributed by atoms with Crippen LogP contribution in [-0.4, -0.2) is 0 Å². The molecule has 0 atom stereocenters. The van der Waals surface area contributed by atoms with Gasteiger partial charge < -0.3 is 4.90 Å². The minimum absolute atomic E-state index is 1.11. The fraction of sp³-hybridized carbons (Fsp3) is 0.0833. The summed E-state index contributed by atoms with van der Waals surface area (Å²) in [6.07, 6.45) is 3.52. The van der Waals surface area contributed by atoms with Gasteiger partial charge in [-0.2, -0.15) is 0 Å². The number of fused-ring (bicyclic) bond motifs is 3. The molecule has 8 aromatic rings. The average molecular weight is 630 g/mol. The predicted octanol–water partition coefficient (Wildman–Crippen LogP) is 13.8. The van der Waals surface area contributed by atoms with Crippen molar-refractivity contribution >= 4 is 38.6 Å². The van der Waals surface area contributed by atoms with Crippen LogP contribution in [0.1, 0.15) is 25.3 Å². The van der Waals surface area contributed by atoms with Gasteiger partial charge in [-0.1, -0.05) is 159 Å². The minimum Gasteiger partial charge on any atom is -0.310 e. The molecule has 8 aromatic carbocycles. The summed E-state index contributed by atoms with van der Waals surface area (Å²) in [7, 11) is 0. The molecule has 8 rings (SSSR count). The molecule has 1 nitrogen and oxygen atoms in total. The number of benzene rings is 8. The summed E-state index contributed by atoms with van der Waals surface area (Å²) in [5, 5.41) is 5.11. The summed E-state index contributed by atoms with van der Waals surface area (Å²) in [6, 6.07) is 66.4. The fourth-order valence-electron chi connectivity index (χ4n) is 7.02. The number of nitrogens with zero attached hydrogens (tertiary/aromatic N) is 1. The van der Waals surface area contributed by atoms with Gasteiger partial charge in [0, 0.05) is 16.8 Å². The average Bonchev–Trinajstić information content (AvgIpc) is 3.18. The Bertz CT molecular complexity index is 2340. The molecule has 49 heavy (non-hydrogen) atoms. The van der Waals surface area contributed by atoms with Crippen LogP contribution in [0.5, 0.6) is 0 Å². The van der Waals surface area contributed by atoms with Crippen molar-refractivity contribution in [2.24, 2.45) is 0 Å². The van der Waals surface area contributed by atoms with E-state index in [9.17, 15) is 0 Å². The minimum atomic E-state index is 1.11. The van der Waals surface area contributed by atoms with Crippen LogP contribution in [0, 0.1) is 0 Å². The molecular formula is C48H39N. The van der Waals surface area contributed by atoms with Crippen LogP contribution in [0.25, 0.3) is 54.9 Å². The SMILES string of the molecule is CCCCc1ccc2cc(N(c3ccc(-c4ccccc4)cc3)c3ccc(-c4cccc(-c5ccccc5)c4)cc3)c3ccccc3c2c1. The third-order valence-electron chi connectivity index (χ3n) is 9.62.